The largest absolute Gasteiger partial charge is 0.311 e. The van der Waals surface area contributed by atoms with E-state index in [-0.39, 0.29) is 33.8 Å². The van der Waals surface area contributed by atoms with Crippen LogP contribution in [0.25, 0.3) is 43.8 Å². The van der Waals surface area contributed by atoms with Crippen molar-refractivity contribution in [3.63, 3.8) is 0 Å². The Balaban J connectivity index is 1.29. The van der Waals surface area contributed by atoms with Crippen LogP contribution in [-0.4, -0.2) is 6.71 Å². The molecule has 9 aromatic carbocycles. The molecule has 0 unspecified atom stereocenters. The van der Waals surface area contributed by atoms with E-state index in [9.17, 15) is 0 Å². The minimum absolute atomic E-state index is 0.0688. The zero-order chi connectivity index (χ0) is 50.6. The molecule has 0 aromatic heterocycles. The fraction of sp³-hybridized carbons (Fsp3) is 0.275. The van der Waals surface area contributed by atoms with E-state index >= 15 is 0 Å². The van der Waals surface area contributed by atoms with E-state index in [0.29, 0.717) is 0 Å². The third kappa shape index (κ3) is 7.04. The molecule has 3 heteroatoms. The van der Waals surface area contributed by atoms with Gasteiger partial charge in [0, 0.05) is 39.5 Å². The second kappa shape index (κ2) is 15.6. The molecule has 358 valence electrons. The summed E-state index contributed by atoms with van der Waals surface area (Å²) in [6.45, 7) is 33.1. The lowest BCUT2D eigenvalue weighted by molar-refractivity contribution is 0.568. The van der Waals surface area contributed by atoms with Gasteiger partial charge in [-0.05, 0) is 164 Å². The van der Waals surface area contributed by atoms with Crippen LogP contribution in [0, 0.1) is 0 Å². The second-order valence-corrected chi connectivity index (χ2v) is 25.9. The van der Waals surface area contributed by atoms with Gasteiger partial charge in [-0.25, -0.2) is 0 Å². The zero-order valence-corrected chi connectivity index (χ0v) is 45.1. The standard InChI is InChI=1S/C69H69BN2/c1-65(2,3)45-36-46(66(4,5)6)39-49(38-45)71-57-32-30-42-22-15-17-24-52(42)62(57)70-63-53-25-18-16-23-43(53)31-33-58(63)72(50-40-47(67(7,8)9)37-48(41-50)68(10,11)12)60-35-44(34-59(71)64(60)70)51-27-21-29-56-61(51)54-26-19-20-28-55(54)69(56,13)14/h15-41H,1-14H3. The Hall–Kier alpha value is -6.84. The van der Waals surface area contributed by atoms with Crippen molar-refractivity contribution in [2.75, 3.05) is 9.80 Å². The molecule has 0 fully saturated rings. The highest BCUT2D eigenvalue weighted by Crippen LogP contribution is 2.55. The molecule has 0 N–H and O–H groups in total. The van der Waals surface area contributed by atoms with Crippen LogP contribution in [-0.2, 0) is 27.1 Å². The molecule has 0 saturated carbocycles. The monoisotopic (exact) mass is 937 g/mol. The first-order chi connectivity index (χ1) is 34.0. The van der Waals surface area contributed by atoms with E-state index in [1.54, 1.807) is 0 Å². The van der Waals surface area contributed by atoms with Crippen LogP contribution in [0.2, 0.25) is 0 Å². The van der Waals surface area contributed by atoms with Gasteiger partial charge in [-0.2, -0.15) is 0 Å². The Kier molecular flexibility index (Phi) is 10.0. The number of hydrogen-bond donors (Lipinski definition) is 0. The van der Waals surface area contributed by atoms with E-state index in [2.05, 4.69) is 271 Å². The average molecular weight is 937 g/mol. The smallest absolute Gasteiger partial charge is 0.253 e. The molecule has 12 rings (SSSR count). The first-order valence-corrected chi connectivity index (χ1v) is 26.4. The Labute approximate surface area is 429 Å². The highest BCUT2D eigenvalue weighted by atomic mass is 15.2. The lowest BCUT2D eigenvalue weighted by Crippen LogP contribution is -2.61. The number of nitrogens with zero attached hydrogens (tertiary/aromatic N) is 2. The molecule has 2 heterocycles. The predicted octanol–water partition coefficient (Wildman–Crippen LogP) is 17.2. The van der Waals surface area contributed by atoms with Gasteiger partial charge in [0.05, 0.1) is 0 Å². The van der Waals surface area contributed by atoms with E-state index in [0.717, 1.165) is 0 Å². The van der Waals surface area contributed by atoms with Crippen LogP contribution in [0.1, 0.15) is 130 Å². The predicted molar refractivity (Wildman–Crippen MR) is 313 cm³/mol. The van der Waals surface area contributed by atoms with Crippen LogP contribution in [0.15, 0.2) is 164 Å². The number of benzene rings is 9. The molecule has 2 aliphatic heterocycles. The summed E-state index contributed by atoms with van der Waals surface area (Å²) in [5.74, 6) is 0. The summed E-state index contributed by atoms with van der Waals surface area (Å²) in [6.07, 6.45) is 0. The fourth-order valence-corrected chi connectivity index (χ4v) is 12.5. The quantitative estimate of drug-likeness (QED) is 0.163. The molecular formula is C69H69BN2. The summed E-state index contributed by atoms with van der Waals surface area (Å²) in [5, 5.41) is 5.11. The Morgan fingerprint density at radius 2 is 0.764 bits per heavy atom. The average Bonchev–Trinajstić information content (AvgIpc) is 3.57. The van der Waals surface area contributed by atoms with Crippen molar-refractivity contribution in [2.24, 2.45) is 0 Å². The van der Waals surface area contributed by atoms with Gasteiger partial charge < -0.3 is 9.80 Å². The van der Waals surface area contributed by atoms with E-state index in [4.69, 9.17) is 0 Å². The zero-order valence-electron chi connectivity index (χ0n) is 45.1. The van der Waals surface area contributed by atoms with Gasteiger partial charge in [-0.1, -0.05) is 212 Å². The highest BCUT2D eigenvalue weighted by molar-refractivity contribution is 7.03. The first kappa shape index (κ1) is 46.2. The molecule has 0 bridgehead atoms. The van der Waals surface area contributed by atoms with Gasteiger partial charge in [0.25, 0.3) is 6.71 Å². The normalized spacial score (nSPS) is 14.8. The maximum absolute atomic E-state index is 2.67. The number of rotatable bonds is 3. The second-order valence-electron chi connectivity index (χ2n) is 25.9. The SMILES string of the molecule is CC(C)(C)c1cc(N2c3cc(-c4cccc5c4-c4ccccc4C5(C)C)cc4c3B(c3c2ccc2ccccc32)c2c(ccc3ccccc23)N4c2cc(C(C)(C)C)cc(C(C)(C)C)c2)cc(C(C)(C)C)c1. The molecule has 72 heavy (non-hydrogen) atoms. The first-order valence-electron chi connectivity index (χ1n) is 26.4. The summed E-state index contributed by atoms with van der Waals surface area (Å²) in [6, 6.07) is 64.1. The summed E-state index contributed by atoms with van der Waals surface area (Å²) in [7, 11) is 0. The molecule has 0 spiro atoms. The molecule has 9 aromatic rings. The van der Waals surface area contributed by atoms with Crippen molar-refractivity contribution in [1.29, 1.82) is 0 Å². The lowest BCUT2D eigenvalue weighted by Gasteiger charge is -2.46. The van der Waals surface area contributed by atoms with Crippen LogP contribution in [0.4, 0.5) is 34.1 Å². The topological polar surface area (TPSA) is 6.48 Å². The van der Waals surface area contributed by atoms with Gasteiger partial charge in [-0.3, -0.25) is 0 Å². The van der Waals surface area contributed by atoms with Crippen molar-refractivity contribution in [3.05, 3.63) is 197 Å². The van der Waals surface area contributed by atoms with Crippen molar-refractivity contribution in [3.8, 4) is 22.3 Å². The maximum atomic E-state index is 2.67. The third-order valence-corrected chi connectivity index (χ3v) is 16.6. The number of hydrogen-bond acceptors (Lipinski definition) is 2. The van der Waals surface area contributed by atoms with Crippen LogP contribution < -0.4 is 26.2 Å². The molecule has 2 nitrogen and oxygen atoms in total. The Bertz CT molecular complexity index is 3480. The summed E-state index contributed by atoms with van der Waals surface area (Å²) >= 11 is 0. The Morgan fingerprint density at radius 1 is 0.361 bits per heavy atom. The summed E-state index contributed by atoms with van der Waals surface area (Å²) in [5.41, 5.74) is 24.3. The number of anilines is 6. The Morgan fingerprint density at radius 3 is 1.22 bits per heavy atom. The van der Waals surface area contributed by atoms with Crippen LogP contribution in [0.5, 0.6) is 0 Å². The third-order valence-electron chi connectivity index (χ3n) is 16.6. The molecule has 0 saturated heterocycles. The fourth-order valence-electron chi connectivity index (χ4n) is 12.5. The van der Waals surface area contributed by atoms with Gasteiger partial charge in [0.2, 0.25) is 0 Å². The molecule has 1 aliphatic carbocycles. The van der Waals surface area contributed by atoms with E-state index in [1.807, 2.05) is 0 Å². The van der Waals surface area contributed by atoms with Crippen molar-refractivity contribution in [1.82, 2.24) is 0 Å². The van der Waals surface area contributed by atoms with Crippen LogP contribution in [0.3, 0.4) is 0 Å². The summed E-state index contributed by atoms with van der Waals surface area (Å²) < 4.78 is 0. The molecule has 3 aliphatic rings. The maximum Gasteiger partial charge on any atom is 0.253 e. The van der Waals surface area contributed by atoms with E-state index < -0.39 is 0 Å². The lowest BCUT2D eigenvalue weighted by atomic mass is 9.32. The molecule has 0 radical (unpaired) electrons. The van der Waals surface area contributed by atoms with Gasteiger partial charge >= 0.3 is 0 Å². The van der Waals surface area contributed by atoms with Gasteiger partial charge in [0.1, 0.15) is 0 Å². The molecule has 0 atom stereocenters. The van der Waals surface area contributed by atoms with Gasteiger partial charge in [-0.15, -0.1) is 0 Å². The minimum atomic E-state index is -0.138. The van der Waals surface area contributed by atoms with Crippen molar-refractivity contribution >= 4 is 78.8 Å². The van der Waals surface area contributed by atoms with Gasteiger partial charge in [0.15, 0.2) is 0 Å². The minimum Gasteiger partial charge on any atom is -0.311 e. The highest BCUT2D eigenvalue weighted by Gasteiger charge is 2.46. The van der Waals surface area contributed by atoms with E-state index in [1.165, 1.54) is 128 Å². The van der Waals surface area contributed by atoms with Crippen molar-refractivity contribution in [2.45, 2.75) is 124 Å². The van der Waals surface area contributed by atoms with Crippen molar-refractivity contribution < 1.29 is 0 Å². The number of fused-ring (bicyclic) bond motifs is 11. The molecule has 0 amide bonds. The summed E-state index contributed by atoms with van der Waals surface area (Å²) in [4.78, 5) is 5.35. The molecular weight excluding hydrogens is 868 g/mol. The van der Waals surface area contributed by atoms with Crippen LogP contribution >= 0.6 is 0 Å².